The number of ether oxygens (including phenoxy) is 1. The number of carbonyl (C=O) groups is 1. The van der Waals surface area contributed by atoms with Gasteiger partial charge >= 0.3 is 5.97 Å². The largest absolute Gasteiger partial charge is 0.465 e. The van der Waals surface area contributed by atoms with Crippen molar-refractivity contribution >= 4 is 17.0 Å². The van der Waals surface area contributed by atoms with E-state index in [2.05, 4.69) is 0 Å². The number of aromatic nitrogens is 2. The molecule has 0 aliphatic rings. The number of aryl methyl sites for hydroxylation is 1. The molecule has 1 heterocycles. The van der Waals surface area contributed by atoms with E-state index in [1.54, 1.807) is 16.1 Å². The molecular weight excluding hydrogens is 218 g/mol. The number of benzene rings is 1. The van der Waals surface area contributed by atoms with E-state index in [0.29, 0.717) is 12.2 Å². The molecule has 0 atom stereocenters. The highest BCUT2D eigenvalue weighted by Gasteiger charge is 2.11. The summed E-state index contributed by atoms with van der Waals surface area (Å²) in [6.07, 6.45) is 0. The fraction of sp³-hybridized carbons (Fsp3) is 0.333. The lowest BCUT2D eigenvalue weighted by Gasteiger charge is -2.03. The molecule has 1 aromatic carbocycles. The Kier molecular flexibility index (Phi) is 2.99. The summed E-state index contributed by atoms with van der Waals surface area (Å²) in [6.45, 7) is 2.21. The van der Waals surface area contributed by atoms with Crippen LogP contribution in [-0.2, 0) is 23.1 Å². The Balaban J connectivity index is 2.50. The lowest BCUT2D eigenvalue weighted by Crippen LogP contribution is -2.26. The van der Waals surface area contributed by atoms with Crippen molar-refractivity contribution in [3.63, 3.8) is 0 Å². The SMILES string of the molecule is CCOC(=O)Cn1c(=N)n(C)c2ccccc21. The van der Waals surface area contributed by atoms with Gasteiger partial charge in [-0.1, -0.05) is 12.1 Å². The van der Waals surface area contributed by atoms with E-state index in [-0.39, 0.29) is 12.5 Å². The molecule has 1 N–H and O–H groups in total. The summed E-state index contributed by atoms with van der Waals surface area (Å²) in [6, 6.07) is 7.63. The number of carbonyl (C=O) groups excluding carboxylic acids is 1. The molecule has 1 aromatic heterocycles. The van der Waals surface area contributed by atoms with E-state index in [1.165, 1.54) is 0 Å². The highest BCUT2D eigenvalue weighted by molar-refractivity contribution is 5.78. The van der Waals surface area contributed by atoms with Gasteiger partial charge in [-0.2, -0.15) is 0 Å². The maximum atomic E-state index is 11.5. The van der Waals surface area contributed by atoms with E-state index in [4.69, 9.17) is 10.1 Å². The summed E-state index contributed by atoms with van der Waals surface area (Å²) in [7, 11) is 1.81. The number of para-hydroxylation sites is 2. The number of rotatable bonds is 3. The standard InChI is InChI=1S/C12H15N3O2/c1-3-17-11(16)8-15-10-7-5-4-6-9(10)14(2)12(15)13/h4-7,13H,3,8H2,1-2H3. The third-order valence-electron chi connectivity index (χ3n) is 2.70. The molecule has 0 radical (unpaired) electrons. The topological polar surface area (TPSA) is 60.0 Å². The van der Waals surface area contributed by atoms with Crippen LogP contribution in [0.25, 0.3) is 11.0 Å². The Bertz CT molecular complexity index is 610. The number of hydrogen-bond donors (Lipinski definition) is 1. The summed E-state index contributed by atoms with van der Waals surface area (Å²) < 4.78 is 8.30. The average molecular weight is 233 g/mol. The predicted molar refractivity (Wildman–Crippen MR) is 63.4 cm³/mol. The first-order valence-electron chi connectivity index (χ1n) is 5.49. The number of nitrogens with zero attached hydrogens (tertiary/aromatic N) is 2. The summed E-state index contributed by atoms with van der Waals surface area (Å²) in [5.74, 6) is -0.317. The molecule has 0 aliphatic carbocycles. The molecule has 0 amide bonds. The third-order valence-corrected chi connectivity index (χ3v) is 2.70. The normalized spacial score (nSPS) is 10.7. The summed E-state index contributed by atoms with van der Waals surface area (Å²) in [5, 5.41) is 7.97. The van der Waals surface area contributed by atoms with Gasteiger partial charge in [0.15, 0.2) is 0 Å². The summed E-state index contributed by atoms with van der Waals surface area (Å²) >= 11 is 0. The quantitative estimate of drug-likeness (QED) is 0.805. The fourth-order valence-corrected chi connectivity index (χ4v) is 1.88. The minimum Gasteiger partial charge on any atom is -0.465 e. The number of fused-ring (bicyclic) bond motifs is 1. The third kappa shape index (κ3) is 1.95. The first-order chi connectivity index (χ1) is 8.15. The van der Waals surface area contributed by atoms with Crippen molar-refractivity contribution in [3.05, 3.63) is 29.9 Å². The second-order valence-electron chi connectivity index (χ2n) is 3.76. The zero-order valence-corrected chi connectivity index (χ0v) is 9.93. The van der Waals surface area contributed by atoms with Crippen LogP contribution in [0.4, 0.5) is 0 Å². The highest BCUT2D eigenvalue weighted by atomic mass is 16.5. The molecule has 17 heavy (non-hydrogen) atoms. The number of nitrogens with one attached hydrogen (secondary N) is 1. The number of imidazole rings is 1. The molecule has 2 rings (SSSR count). The minimum atomic E-state index is -0.317. The first kappa shape index (κ1) is 11.4. The van der Waals surface area contributed by atoms with E-state index in [0.717, 1.165) is 11.0 Å². The van der Waals surface area contributed by atoms with E-state index in [9.17, 15) is 4.79 Å². The van der Waals surface area contributed by atoms with Gasteiger partial charge in [0, 0.05) is 7.05 Å². The van der Waals surface area contributed by atoms with Crippen LogP contribution >= 0.6 is 0 Å². The van der Waals surface area contributed by atoms with E-state index in [1.807, 2.05) is 31.3 Å². The molecular formula is C12H15N3O2. The lowest BCUT2D eigenvalue weighted by atomic mass is 10.3. The second-order valence-corrected chi connectivity index (χ2v) is 3.76. The number of hydrogen-bond acceptors (Lipinski definition) is 3. The van der Waals surface area contributed by atoms with Gasteiger partial charge in [-0.15, -0.1) is 0 Å². The van der Waals surface area contributed by atoms with Crippen molar-refractivity contribution in [2.24, 2.45) is 7.05 Å². The van der Waals surface area contributed by atoms with Gasteiger partial charge in [0.1, 0.15) is 6.54 Å². The molecule has 0 unspecified atom stereocenters. The smallest absolute Gasteiger partial charge is 0.326 e. The Hall–Kier alpha value is -2.04. The van der Waals surface area contributed by atoms with Crippen molar-refractivity contribution < 1.29 is 9.53 Å². The Morgan fingerprint density at radius 2 is 2.00 bits per heavy atom. The van der Waals surface area contributed by atoms with Gasteiger partial charge < -0.3 is 9.30 Å². The first-order valence-corrected chi connectivity index (χ1v) is 5.49. The molecule has 90 valence electrons. The zero-order valence-electron chi connectivity index (χ0n) is 9.93. The van der Waals surface area contributed by atoms with Crippen LogP contribution in [0.2, 0.25) is 0 Å². The van der Waals surface area contributed by atoms with Crippen molar-refractivity contribution in [3.8, 4) is 0 Å². The summed E-state index contributed by atoms with van der Waals surface area (Å²) in [4.78, 5) is 11.5. The molecule has 0 aliphatic heterocycles. The van der Waals surface area contributed by atoms with Crippen molar-refractivity contribution in [2.75, 3.05) is 6.61 Å². The van der Waals surface area contributed by atoms with E-state index >= 15 is 0 Å². The van der Waals surface area contributed by atoms with Gasteiger partial charge in [0.25, 0.3) is 0 Å². The molecule has 0 saturated heterocycles. The van der Waals surface area contributed by atoms with Crippen LogP contribution in [0.5, 0.6) is 0 Å². The van der Waals surface area contributed by atoms with Crippen LogP contribution < -0.4 is 5.62 Å². The highest BCUT2D eigenvalue weighted by Crippen LogP contribution is 2.11. The molecule has 0 bridgehead atoms. The van der Waals surface area contributed by atoms with Crippen molar-refractivity contribution in [1.82, 2.24) is 9.13 Å². The van der Waals surface area contributed by atoms with Gasteiger partial charge in [-0.05, 0) is 19.1 Å². The molecule has 5 heteroatoms. The fourth-order valence-electron chi connectivity index (χ4n) is 1.88. The van der Waals surface area contributed by atoms with Crippen LogP contribution in [0, 0.1) is 5.41 Å². The van der Waals surface area contributed by atoms with Crippen LogP contribution in [-0.4, -0.2) is 21.7 Å². The van der Waals surface area contributed by atoms with Crippen LogP contribution in [0.15, 0.2) is 24.3 Å². The maximum absolute atomic E-state index is 11.5. The zero-order chi connectivity index (χ0) is 12.4. The van der Waals surface area contributed by atoms with Gasteiger partial charge in [-0.3, -0.25) is 14.8 Å². The second kappa shape index (κ2) is 4.45. The van der Waals surface area contributed by atoms with Gasteiger partial charge in [-0.25, -0.2) is 0 Å². The van der Waals surface area contributed by atoms with Gasteiger partial charge in [0.2, 0.25) is 5.62 Å². The Morgan fingerprint density at radius 3 is 2.65 bits per heavy atom. The Labute approximate surface area is 98.7 Å². The van der Waals surface area contributed by atoms with E-state index < -0.39 is 0 Å². The maximum Gasteiger partial charge on any atom is 0.326 e. The van der Waals surface area contributed by atoms with Gasteiger partial charge in [0.05, 0.1) is 17.6 Å². The molecule has 2 aromatic rings. The van der Waals surface area contributed by atoms with Crippen LogP contribution in [0.3, 0.4) is 0 Å². The molecule has 5 nitrogen and oxygen atoms in total. The van der Waals surface area contributed by atoms with Crippen molar-refractivity contribution in [2.45, 2.75) is 13.5 Å². The predicted octanol–water partition coefficient (Wildman–Crippen LogP) is 1.02. The molecule has 0 saturated carbocycles. The molecule has 0 fully saturated rings. The number of esters is 1. The van der Waals surface area contributed by atoms with Crippen LogP contribution in [0.1, 0.15) is 6.92 Å². The molecule has 0 spiro atoms. The Morgan fingerprint density at radius 1 is 1.35 bits per heavy atom. The summed E-state index contributed by atoms with van der Waals surface area (Å²) in [5.41, 5.74) is 2.09. The lowest BCUT2D eigenvalue weighted by molar-refractivity contribution is -0.143. The van der Waals surface area contributed by atoms with Crippen molar-refractivity contribution in [1.29, 1.82) is 5.41 Å². The minimum absolute atomic E-state index is 0.0774. The monoisotopic (exact) mass is 233 g/mol. The average Bonchev–Trinajstić information content (AvgIpc) is 2.56.